The molecule has 1 atom stereocenters. The zero-order chi connectivity index (χ0) is 21.2. The van der Waals surface area contributed by atoms with Gasteiger partial charge >= 0.3 is 0 Å². The number of aliphatic hydroxyl groups is 2. The van der Waals surface area contributed by atoms with Gasteiger partial charge in [-0.1, -0.05) is 26.2 Å². The molecular weight excluding hydrogens is 376 g/mol. The van der Waals surface area contributed by atoms with Gasteiger partial charge in [-0.3, -0.25) is 14.9 Å². The van der Waals surface area contributed by atoms with Crippen LogP contribution in [0.5, 0.6) is 5.75 Å². The number of benzene rings is 1. The Kier molecular flexibility index (Phi) is 9.34. The summed E-state index contributed by atoms with van der Waals surface area (Å²) >= 11 is 0. The van der Waals surface area contributed by atoms with E-state index in [-0.39, 0.29) is 29.8 Å². The molecular formula is C21H32N2O6. The summed E-state index contributed by atoms with van der Waals surface area (Å²) in [5.74, 6) is 0.463. The zero-order valence-electron chi connectivity index (χ0n) is 17.1. The van der Waals surface area contributed by atoms with Gasteiger partial charge in [0.15, 0.2) is 0 Å². The first kappa shape index (κ1) is 23.1. The largest absolute Gasteiger partial charge is 0.494 e. The first-order valence-corrected chi connectivity index (χ1v) is 10.5. The van der Waals surface area contributed by atoms with Crippen LogP contribution in [0.25, 0.3) is 0 Å². The molecule has 1 aliphatic carbocycles. The molecule has 1 unspecified atom stereocenters. The van der Waals surface area contributed by atoms with Crippen LogP contribution in [0.2, 0.25) is 0 Å². The molecule has 2 rings (SSSR count). The van der Waals surface area contributed by atoms with Crippen LogP contribution in [-0.2, 0) is 4.79 Å². The highest BCUT2D eigenvalue weighted by Crippen LogP contribution is 2.31. The molecule has 29 heavy (non-hydrogen) atoms. The van der Waals surface area contributed by atoms with Gasteiger partial charge in [-0.15, -0.1) is 0 Å². The van der Waals surface area contributed by atoms with Crippen LogP contribution < -0.4 is 4.74 Å². The van der Waals surface area contributed by atoms with E-state index in [0.29, 0.717) is 38.2 Å². The molecule has 1 saturated carbocycles. The molecule has 1 fully saturated rings. The average Bonchev–Trinajstić information content (AvgIpc) is 2.74. The summed E-state index contributed by atoms with van der Waals surface area (Å²) in [6.07, 6.45) is 5.70. The van der Waals surface area contributed by atoms with Crippen molar-refractivity contribution in [3.05, 3.63) is 33.9 Å². The van der Waals surface area contributed by atoms with Crippen LogP contribution in [0, 0.1) is 10.1 Å². The molecule has 1 aromatic carbocycles. The van der Waals surface area contributed by atoms with Gasteiger partial charge in [-0.05, 0) is 37.8 Å². The summed E-state index contributed by atoms with van der Waals surface area (Å²) in [5, 5.41) is 30.5. The van der Waals surface area contributed by atoms with Gasteiger partial charge in [0.2, 0.25) is 5.91 Å². The van der Waals surface area contributed by atoms with Crippen LogP contribution in [-0.4, -0.2) is 51.7 Å². The zero-order valence-corrected chi connectivity index (χ0v) is 17.1. The Morgan fingerprint density at radius 1 is 1.34 bits per heavy atom. The number of nitro groups is 1. The number of ether oxygens (including phenoxy) is 1. The van der Waals surface area contributed by atoms with Crippen molar-refractivity contribution in [1.82, 2.24) is 4.90 Å². The molecule has 1 aliphatic rings. The van der Waals surface area contributed by atoms with Crippen molar-refractivity contribution in [2.45, 2.75) is 70.4 Å². The van der Waals surface area contributed by atoms with Crippen molar-refractivity contribution >= 4 is 11.6 Å². The highest BCUT2D eigenvalue weighted by Gasteiger charge is 2.24. The fourth-order valence-corrected chi connectivity index (χ4v) is 3.84. The Labute approximate surface area is 171 Å². The number of hydrogen-bond donors (Lipinski definition) is 2. The summed E-state index contributed by atoms with van der Waals surface area (Å²) in [6.45, 7) is 2.37. The number of hydrogen-bond acceptors (Lipinski definition) is 6. The van der Waals surface area contributed by atoms with Gasteiger partial charge in [0.1, 0.15) is 5.75 Å². The van der Waals surface area contributed by atoms with E-state index in [1.54, 1.807) is 11.8 Å². The van der Waals surface area contributed by atoms with Crippen molar-refractivity contribution in [3.8, 4) is 5.75 Å². The lowest BCUT2D eigenvalue weighted by atomic mass is 9.94. The third-order valence-electron chi connectivity index (χ3n) is 5.42. The first-order chi connectivity index (χ1) is 14.0. The summed E-state index contributed by atoms with van der Waals surface area (Å²) in [5.41, 5.74) is 0.103. The number of carbonyl (C=O) groups excluding carboxylic acids is 1. The number of nitro benzene ring substituents is 1. The predicted octanol–water partition coefficient (Wildman–Crippen LogP) is 3.35. The topological polar surface area (TPSA) is 113 Å². The number of aliphatic hydroxyl groups excluding tert-OH is 2. The Bertz CT molecular complexity index is 675. The van der Waals surface area contributed by atoms with Gasteiger partial charge < -0.3 is 19.8 Å². The van der Waals surface area contributed by atoms with Gasteiger partial charge in [-0.2, -0.15) is 0 Å². The Balaban J connectivity index is 1.88. The molecule has 2 N–H and O–H groups in total. The van der Waals surface area contributed by atoms with Crippen molar-refractivity contribution < 1.29 is 24.7 Å². The van der Waals surface area contributed by atoms with Crippen molar-refractivity contribution in [1.29, 1.82) is 0 Å². The van der Waals surface area contributed by atoms with Gasteiger partial charge in [0.05, 0.1) is 29.8 Å². The minimum Gasteiger partial charge on any atom is -0.494 e. The number of rotatable bonds is 11. The van der Waals surface area contributed by atoms with E-state index in [2.05, 4.69) is 0 Å². The van der Waals surface area contributed by atoms with Crippen LogP contribution >= 0.6 is 0 Å². The van der Waals surface area contributed by atoms with E-state index in [4.69, 9.17) is 4.74 Å². The Morgan fingerprint density at radius 3 is 2.69 bits per heavy atom. The quantitative estimate of drug-likeness (QED) is 0.330. The standard InChI is InChI=1S/C21H32N2O6/c1-2-20(25)18-15-17(10-11-19(18)23(27)28)29-14-6-9-21(26)22(12-13-24)16-7-4-3-5-8-16/h10-11,15-16,20,24-25H,2-9,12-14H2,1H3. The molecule has 1 aromatic rings. The lowest BCUT2D eigenvalue weighted by Gasteiger charge is -2.34. The van der Waals surface area contributed by atoms with Crippen molar-refractivity contribution in [3.63, 3.8) is 0 Å². The SMILES string of the molecule is CCC(O)c1cc(OCCCC(=O)N(CCO)C2CCCCC2)ccc1[N+](=O)[O-]. The molecule has 0 radical (unpaired) electrons. The second-order valence-electron chi connectivity index (χ2n) is 7.46. The maximum absolute atomic E-state index is 12.6. The molecule has 0 aromatic heterocycles. The summed E-state index contributed by atoms with van der Waals surface area (Å²) in [4.78, 5) is 25.0. The second-order valence-corrected chi connectivity index (χ2v) is 7.46. The van der Waals surface area contributed by atoms with Crippen LogP contribution in [0.4, 0.5) is 5.69 Å². The van der Waals surface area contributed by atoms with Crippen LogP contribution in [0.1, 0.15) is 70.0 Å². The molecule has 162 valence electrons. The van der Waals surface area contributed by atoms with Crippen LogP contribution in [0.3, 0.4) is 0 Å². The summed E-state index contributed by atoms with van der Waals surface area (Å²) in [7, 11) is 0. The highest BCUT2D eigenvalue weighted by atomic mass is 16.6. The lowest BCUT2D eigenvalue weighted by molar-refractivity contribution is -0.386. The Hall–Kier alpha value is -2.19. The minimum absolute atomic E-state index is 0.0281. The molecule has 8 nitrogen and oxygen atoms in total. The minimum atomic E-state index is -0.928. The number of nitrogens with zero attached hydrogens (tertiary/aromatic N) is 2. The third-order valence-corrected chi connectivity index (χ3v) is 5.42. The van der Waals surface area contributed by atoms with E-state index in [9.17, 15) is 25.1 Å². The van der Waals surface area contributed by atoms with E-state index < -0.39 is 11.0 Å². The predicted molar refractivity (Wildman–Crippen MR) is 109 cm³/mol. The van der Waals surface area contributed by atoms with Gasteiger partial charge in [-0.25, -0.2) is 0 Å². The van der Waals surface area contributed by atoms with Crippen LogP contribution in [0.15, 0.2) is 18.2 Å². The molecule has 0 bridgehead atoms. The molecule has 0 spiro atoms. The van der Waals surface area contributed by atoms with E-state index in [0.717, 1.165) is 25.7 Å². The monoisotopic (exact) mass is 408 g/mol. The average molecular weight is 408 g/mol. The number of amides is 1. The third kappa shape index (κ3) is 6.68. The lowest BCUT2D eigenvalue weighted by Crippen LogP contribution is -2.43. The maximum Gasteiger partial charge on any atom is 0.275 e. The molecule has 8 heteroatoms. The summed E-state index contributed by atoms with van der Waals surface area (Å²) < 4.78 is 5.66. The molecule has 0 heterocycles. The molecule has 1 amide bonds. The van der Waals surface area contributed by atoms with E-state index in [1.165, 1.54) is 24.6 Å². The van der Waals surface area contributed by atoms with Gasteiger partial charge in [0.25, 0.3) is 5.69 Å². The Morgan fingerprint density at radius 2 is 2.07 bits per heavy atom. The number of carbonyl (C=O) groups is 1. The van der Waals surface area contributed by atoms with E-state index >= 15 is 0 Å². The first-order valence-electron chi connectivity index (χ1n) is 10.5. The van der Waals surface area contributed by atoms with Crippen molar-refractivity contribution in [2.24, 2.45) is 0 Å². The summed E-state index contributed by atoms with van der Waals surface area (Å²) in [6, 6.07) is 4.55. The normalized spacial score (nSPS) is 15.7. The second kappa shape index (κ2) is 11.7. The fraction of sp³-hybridized carbons (Fsp3) is 0.667. The van der Waals surface area contributed by atoms with Crippen molar-refractivity contribution in [2.75, 3.05) is 19.8 Å². The smallest absolute Gasteiger partial charge is 0.275 e. The van der Waals surface area contributed by atoms with Gasteiger partial charge in [0, 0.05) is 25.1 Å². The molecule has 0 saturated heterocycles. The van der Waals surface area contributed by atoms with E-state index in [1.807, 2.05) is 0 Å². The maximum atomic E-state index is 12.6. The molecule has 0 aliphatic heterocycles. The fourth-order valence-electron chi connectivity index (χ4n) is 3.84. The highest BCUT2D eigenvalue weighted by molar-refractivity contribution is 5.76.